The average molecular weight is 624 g/mol. The fourth-order valence-electron chi connectivity index (χ4n) is 6.92. The van der Waals surface area contributed by atoms with Crippen molar-refractivity contribution in [3.63, 3.8) is 0 Å². The van der Waals surface area contributed by atoms with Crippen LogP contribution in [0.4, 0.5) is 0 Å². The summed E-state index contributed by atoms with van der Waals surface area (Å²) in [5.74, 6) is -2.21. The van der Waals surface area contributed by atoms with Gasteiger partial charge in [-0.05, 0) is 48.4 Å². The molecule has 0 spiro atoms. The van der Waals surface area contributed by atoms with Gasteiger partial charge in [0.1, 0.15) is 29.3 Å². The van der Waals surface area contributed by atoms with Crippen LogP contribution >= 0.6 is 0 Å². The van der Waals surface area contributed by atoms with Gasteiger partial charge in [-0.2, -0.15) is 0 Å². The summed E-state index contributed by atoms with van der Waals surface area (Å²) < 4.78 is 34.6. The largest absolute Gasteiger partial charge is 0.497 e. The van der Waals surface area contributed by atoms with Crippen molar-refractivity contribution in [2.75, 3.05) is 34.5 Å². The Morgan fingerprint density at radius 1 is 0.978 bits per heavy atom. The molecule has 2 aliphatic heterocycles. The number of aliphatic hydroxyl groups is 2. The maximum absolute atomic E-state index is 14.1. The number of benzene rings is 3. The molecular weight excluding hydrogens is 586 g/mol. The summed E-state index contributed by atoms with van der Waals surface area (Å²) in [5, 5.41) is 25.1. The zero-order valence-electron chi connectivity index (χ0n) is 25.2. The van der Waals surface area contributed by atoms with Gasteiger partial charge in [0.2, 0.25) is 6.29 Å². The summed E-state index contributed by atoms with van der Waals surface area (Å²) in [6.07, 6.45) is -3.90. The van der Waals surface area contributed by atoms with Crippen molar-refractivity contribution in [2.45, 2.75) is 48.3 Å². The lowest BCUT2D eigenvalue weighted by atomic mass is 9.70. The molecular formula is C33H37NO11. The number of aliphatic hydroxyl groups excluding tert-OH is 1. The smallest absolute Gasteiger partial charge is 0.349 e. The molecule has 2 heterocycles. The lowest BCUT2D eigenvalue weighted by molar-refractivity contribution is -0.427. The summed E-state index contributed by atoms with van der Waals surface area (Å²) in [6.45, 7) is 0.569. The molecule has 6 rings (SSSR count). The third-order valence-corrected chi connectivity index (χ3v) is 8.88. The van der Waals surface area contributed by atoms with Crippen LogP contribution in [0.1, 0.15) is 29.0 Å². The van der Waals surface area contributed by atoms with Crippen molar-refractivity contribution >= 4 is 5.97 Å². The van der Waals surface area contributed by atoms with Crippen LogP contribution in [0.5, 0.6) is 17.2 Å². The number of carbonyl (C=O) groups is 1. The van der Waals surface area contributed by atoms with E-state index in [1.54, 1.807) is 73.8 Å². The molecule has 1 saturated heterocycles. The number of methoxy groups -OCH3 is 3. The molecule has 3 aromatic rings. The Morgan fingerprint density at radius 2 is 1.73 bits per heavy atom. The normalized spacial score (nSPS) is 31.9. The second-order valence-corrected chi connectivity index (χ2v) is 11.2. The minimum atomic E-state index is -2.19. The molecule has 240 valence electrons. The van der Waals surface area contributed by atoms with Crippen molar-refractivity contribution in [2.24, 2.45) is 11.7 Å². The Balaban J connectivity index is 1.46. The number of rotatable bonds is 10. The number of ether oxygens (including phenoxy) is 6. The fraction of sp³-hybridized carbons (Fsp3) is 0.424. The Morgan fingerprint density at radius 3 is 2.40 bits per heavy atom. The number of hydrogen-bond donors (Lipinski definition) is 3. The Bertz CT molecular complexity index is 1490. The van der Waals surface area contributed by atoms with Gasteiger partial charge >= 0.3 is 5.97 Å². The van der Waals surface area contributed by atoms with Gasteiger partial charge < -0.3 is 44.4 Å². The van der Waals surface area contributed by atoms with Gasteiger partial charge in [0.15, 0.2) is 11.2 Å². The Labute approximate surface area is 260 Å². The van der Waals surface area contributed by atoms with Gasteiger partial charge in [-0.1, -0.05) is 48.5 Å². The highest BCUT2D eigenvalue weighted by Gasteiger charge is 2.78. The second kappa shape index (κ2) is 12.6. The molecule has 12 nitrogen and oxygen atoms in total. The average Bonchev–Trinajstić information content (AvgIpc) is 3.46. The molecule has 12 heteroatoms. The molecule has 1 saturated carbocycles. The molecule has 45 heavy (non-hydrogen) atoms. The topological polar surface area (TPSA) is 157 Å². The zero-order chi connectivity index (χ0) is 31.8. The molecule has 0 aromatic heterocycles. The molecule has 1 aliphatic carbocycles. The van der Waals surface area contributed by atoms with Crippen LogP contribution in [0.25, 0.3) is 0 Å². The van der Waals surface area contributed by atoms with Crippen molar-refractivity contribution in [3.05, 3.63) is 89.5 Å². The van der Waals surface area contributed by atoms with E-state index in [0.717, 1.165) is 0 Å². The van der Waals surface area contributed by atoms with Crippen LogP contribution < -0.4 is 19.9 Å². The Kier molecular flexibility index (Phi) is 8.72. The van der Waals surface area contributed by atoms with Crippen molar-refractivity contribution in [3.8, 4) is 17.2 Å². The molecule has 0 amide bonds. The van der Waals surface area contributed by atoms with Crippen molar-refractivity contribution in [1.29, 1.82) is 0 Å². The van der Waals surface area contributed by atoms with E-state index in [1.165, 1.54) is 14.2 Å². The summed E-state index contributed by atoms with van der Waals surface area (Å²) in [5.41, 5.74) is 3.05. The van der Waals surface area contributed by atoms with Gasteiger partial charge in [-0.15, -0.1) is 4.89 Å². The number of hydrogen-bond acceptors (Lipinski definition) is 12. The maximum atomic E-state index is 14.1. The molecule has 0 bridgehead atoms. The summed E-state index contributed by atoms with van der Waals surface area (Å²) >= 11 is 0. The molecule has 3 aliphatic rings. The molecule has 4 N–H and O–H groups in total. The van der Waals surface area contributed by atoms with E-state index in [1.807, 2.05) is 6.07 Å². The highest BCUT2D eigenvalue weighted by atomic mass is 17.2. The summed E-state index contributed by atoms with van der Waals surface area (Å²) in [4.78, 5) is 25.0. The lowest BCUT2D eigenvalue weighted by Gasteiger charge is -2.40. The standard InChI is InChI=1S/C33H37NO11/c1-38-21-14-12-20(13-15-21)33-26(19-8-5-4-6-9-19)25(28(35)32(33,37)27-23(39-2)10-7-11-24(27)43-33)29(36)44-45-31-30(40-3)41-18-22(42-31)16-17-34/h4-15,22,25-26,28,30-31,35,37H,16-18,34H2,1-3H3/t22-,25?,26?,28?,30+,31-,32?,33?/m0/s1. The van der Waals surface area contributed by atoms with Gasteiger partial charge in [0.05, 0.1) is 32.5 Å². The minimum Gasteiger partial charge on any atom is -0.497 e. The first-order valence-corrected chi connectivity index (χ1v) is 14.7. The highest BCUT2D eigenvalue weighted by molar-refractivity contribution is 5.78. The minimum absolute atomic E-state index is 0.209. The fourth-order valence-corrected chi connectivity index (χ4v) is 6.92. The third-order valence-electron chi connectivity index (χ3n) is 8.88. The van der Waals surface area contributed by atoms with Crippen LogP contribution in [0, 0.1) is 5.92 Å². The van der Waals surface area contributed by atoms with E-state index in [2.05, 4.69) is 0 Å². The van der Waals surface area contributed by atoms with Crippen LogP contribution in [0.15, 0.2) is 72.8 Å². The molecule has 8 atom stereocenters. The van der Waals surface area contributed by atoms with Crippen molar-refractivity contribution in [1.82, 2.24) is 0 Å². The van der Waals surface area contributed by atoms with Crippen LogP contribution in [-0.2, 0) is 40.0 Å². The predicted molar refractivity (Wildman–Crippen MR) is 157 cm³/mol. The van der Waals surface area contributed by atoms with Gasteiger partial charge in [-0.3, -0.25) is 4.89 Å². The van der Waals surface area contributed by atoms with E-state index in [0.29, 0.717) is 35.6 Å². The molecule has 5 unspecified atom stereocenters. The molecule has 2 fully saturated rings. The van der Waals surface area contributed by atoms with E-state index in [-0.39, 0.29) is 17.9 Å². The predicted octanol–water partition coefficient (Wildman–Crippen LogP) is 2.49. The number of nitrogens with two attached hydrogens (primary N) is 1. The first kappa shape index (κ1) is 31.2. The summed E-state index contributed by atoms with van der Waals surface area (Å²) in [7, 11) is 4.40. The van der Waals surface area contributed by atoms with Crippen molar-refractivity contribution < 1.29 is 53.2 Å². The third kappa shape index (κ3) is 4.93. The summed E-state index contributed by atoms with van der Waals surface area (Å²) in [6, 6.07) is 21.0. The van der Waals surface area contributed by atoms with Gasteiger partial charge in [0.25, 0.3) is 6.29 Å². The first-order chi connectivity index (χ1) is 21.8. The van der Waals surface area contributed by atoms with Gasteiger partial charge in [0, 0.05) is 13.0 Å². The quantitative estimate of drug-likeness (QED) is 0.224. The van der Waals surface area contributed by atoms with E-state index in [4.69, 9.17) is 43.9 Å². The Hall–Kier alpha value is -3.75. The SMILES string of the molecule is COc1ccc(C23Oc4cccc(OC)c4C2(O)C(O)C(C(=O)OO[C@@H]2O[C@@H](CCN)CO[C@H]2OC)C3c2ccccc2)cc1. The molecule has 3 aromatic carbocycles. The van der Waals surface area contributed by atoms with Crippen LogP contribution in [0.2, 0.25) is 0 Å². The lowest BCUT2D eigenvalue weighted by Crippen LogP contribution is -2.52. The van der Waals surface area contributed by atoms with E-state index < -0.39 is 53.8 Å². The van der Waals surface area contributed by atoms with Gasteiger partial charge in [-0.25, -0.2) is 4.79 Å². The van der Waals surface area contributed by atoms with Crippen LogP contribution in [0.3, 0.4) is 0 Å². The molecule has 0 radical (unpaired) electrons. The maximum Gasteiger partial charge on any atom is 0.349 e. The zero-order valence-corrected chi connectivity index (χ0v) is 25.2. The highest BCUT2D eigenvalue weighted by Crippen LogP contribution is 2.70. The van der Waals surface area contributed by atoms with E-state index in [9.17, 15) is 15.0 Å². The van der Waals surface area contributed by atoms with E-state index >= 15 is 0 Å². The number of fused-ring (bicyclic) bond motifs is 3. The second-order valence-electron chi connectivity index (χ2n) is 11.2. The number of carbonyl (C=O) groups excluding carboxylic acids is 1. The monoisotopic (exact) mass is 623 g/mol. The first-order valence-electron chi connectivity index (χ1n) is 14.7. The van der Waals surface area contributed by atoms with Crippen LogP contribution in [-0.4, -0.2) is 75.5 Å².